The molecule has 2 aromatic heterocycles. The van der Waals surface area contributed by atoms with Crippen LogP contribution in [0.1, 0.15) is 45.1 Å². The van der Waals surface area contributed by atoms with Gasteiger partial charge in [-0.3, -0.25) is 9.59 Å². The van der Waals surface area contributed by atoms with Crippen molar-refractivity contribution in [2.75, 3.05) is 13.2 Å². The molecule has 1 aliphatic heterocycles. The zero-order valence-electron chi connectivity index (χ0n) is 16.7. The highest BCUT2D eigenvalue weighted by molar-refractivity contribution is 7.07. The number of carbonyl (C=O) groups is 2. The molecule has 0 aliphatic carbocycles. The molecule has 0 bridgehead atoms. The van der Waals surface area contributed by atoms with Gasteiger partial charge < -0.3 is 19.0 Å². The largest absolute Gasteiger partial charge is 0.454 e. The number of nitrogens with zero attached hydrogens (tertiary/aromatic N) is 2. The summed E-state index contributed by atoms with van der Waals surface area (Å²) in [5.74, 6) is 0.323. The van der Waals surface area contributed by atoms with Gasteiger partial charge in [-0.25, -0.2) is 0 Å². The summed E-state index contributed by atoms with van der Waals surface area (Å²) >= 11 is 1.37. The van der Waals surface area contributed by atoms with Crippen LogP contribution >= 0.6 is 11.3 Å². The normalized spacial score (nSPS) is 16.7. The van der Waals surface area contributed by atoms with Gasteiger partial charge in [0, 0.05) is 30.3 Å². The van der Waals surface area contributed by atoms with Gasteiger partial charge in [0.05, 0.1) is 12.6 Å². The van der Waals surface area contributed by atoms with Crippen LogP contribution < -0.4 is 10.1 Å². The maximum atomic E-state index is 12.5. The number of benzene rings is 1. The second kappa shape index (κ2) is 9.23. The average Bonchev–Trinajstić information content (AvgIpc) is 3.49. The third-order valence-electron chi connectivity index (χ3n) is 4.85. The summed E-state index contributed by atoms with van der Waals surface area (Å²) in [5, 5.41) is 4.71. The Balaban J connectivity index is 1.42. The molecule has 156 valence electrons. The Morgan fingerprint density at radius 1 is 1.30 bits per heavy atom. The Morgan fingerprint density at radius 3 is 3.00 bits per heavy atom. The number of thiazole rings is 1. The van der Waals surface area contributed by atoms with Crippen molar-refractivity contribution in [3.8, 4) is 0 Å². The van der Waals surface area contributed by atoms with Crippen LogP contribution in [0.3, 0.4) is 0 Å². The SMILES string of the molecule is Cc1cccc(C(=O)N=c2sccn2Cc2ccc(C(=O)NC[C@@H]3CCCO3)o2)c1. The van der Waals surface area contributed by atoms with Gasteiger partial charge in [-0.1, -0.05) is 17.7 Å². The predicted molar refractivity (Wildman–Crippen MR) is 112 cm³/mol. The molecule has 1 atom stereocenters. The van der Waals surface area contributed by atoms with Crippen LogP contribution in [0.25, 0.3) is 0 Å². The highest BCUT2D eigenvalue weighted by Crippen LogP contribution is 2.13. The molecule has 0 saturated carbocycles. The molecule has 3 aromatic rings. The lowest BCUT2D eigenvalue weighted by Crippen LogP contribution is -2.31. The molecule has 0 unspecified atom stereocenters. The Kier molecular flexibility index (Phi) is 6.25. The third kappa shape index (κ3) is 4.95. The van der Waals surface area contributed by atoms with E-state index in [9.17, 15) is 9.59 Å². The zero-order valence-corrected chi connectivity index (χ0v) is 17.5. The quantitative estimate of drug-likeness (QED) is 0.657. The first-order valence-electron chi connectivity index (χ1n) is 9.86. The highest BCUT2D eigenvalue weighted by Gasteiger charge is 2.18. The van der Waals surface area contributed by atoms with Crippen molar-refractivity contribution in [2.45, 2.75) is 32.4 Å². The van der Waals surface area contributed by atoms with Crippen LogP contribution in [-0.2, 0) is 11.3 Å². The fraction of sp³-hybridized carbons (Fsp3) is 0.318. The van der Waals surface area contributed by atoms with E-state index in [1.54, 1.807) is 18.2 Å². The molecule has 1 N–H and O–H groups in total. The van der Waals surface area contributed by atoms with Gasteiger partial charge >= 0.3 is 0 Å². The van der Waals surface area contributed by atoms with E-state index in [0.29, 0.717) is 29.2 Å². The number of aromatic nitrogens is 1. The predicted octanol–water partition coefficient (Wildman–Crippen LogP) is 3.15. The second-order valence-corrected chi connectivity index (χ2v) is 8.08. The Hall–Kier alpha value is -2.97. The Labute approximate surface area is 178 Å². The fourth-order valence-electron chi connectivity index (χ4n) is 3.29. The molecule has 3 heterocycles. The van der Waals surface area contributed by atoms with Gasteiger partial charge in [-0.15, -0.1) is 11.3 Å². The fourth-order valence-corrected chi connectivity index (χ4v) is 4.01. The minimum Gasteiger partial charge on any atom is -0.454 e. The molecule has 4 rings (SSSR count). The number of rotatable bonds is 6. The number of carbonyl (C=O) groups excluding carboxylic acids is 2. The number of furan rings is 1. The summed E-state index contributed by atoms with van der Waals surface area (Å²) in [6.07, 6.45) is 3.92. The van der Waals surface area contributed by atoms with Gasteiger partial charge in [0.2, 0.25) is 0 Å². The summed E-state index contributed by atoms with van der Waals surface area (Å²) in [4.78, 5) is 29.6. The second-order valence-electron chi connectivity index (χ2n) is 7.21. The van der Waals surface area contributed by atoms with E-state index in [4.69, 9.17) is 9.15 Å². The topological polar surface area (TPSA) is 85.8 Å². The van der Waals surface area contributed by atoms with E-state index >= 15 is 0 Å². The number of hydrogen-bond donors (Lipinski definition) is 1. The minimum absolute atomic E-state index is 0.0832. The zero-order chi connectivity index (χ0) is 20.9. The molecule has 1 fully saturated rings. The van der Waals surface area contributed by atoms with Gasteiger partial charge in [0.25, 0.3) is 11.8 Å². The number of nitrogens with one attached hydrogen (secondary N) is 1. The number of amides is 2. The van der Waals surface area contributed by atoms with E-state index in [1.807, 2.05) is 41.3 Å². The van der Waals surface area contributed by atoms with Crippen molar-refractivity contribution in [3.63, 3.8) is 0 Å². The number of aryl methyl sites for hydroxylation is 1. The molecule has 30 heavy (non-hydrogen) atoms. The lowest BCUT2D eigenvalue weighted by molar-refractivity contribution is 0.0833. The summed E-state index contributed by atoms with van der Waals surface area (Å²) < 4.78 is 13.0. The first-order valence-corrected chi connectivity index (χ1v) is 10.7. The van der Waals surface area contributed by atoms with Crippen LogP contribution in [0.4, 0.5) is 0 Å². The van der Waals surface area contributed by atoms with Crippen molar-refractivity contribution < 1.29 is 18.7 Å². The lowest BCUT2D eigenvalue weighted by Gasteiger charge is -2.09. The smallest absolute Gasteiger partial charge is 0.287 e. The molecule has 7 nitrogen and oxygen atoms in total. The Bertz CT molecular complexity index is 1110. The molecule has 1 saturated heterocycles. The van der Waals surface area contributed by atoms with E-state index < -0.39 is 0 Å². The van der Waals surface area contributed by atoms with Crippen molar-refractivity contribution in [2.24, 2.45) is 4.99 Å². The van der Waals surface area contributed by atoms with Crippen LogP contribution in [0.5, 0.6) is 0 Å². The van der Waals surface area contributed by atoms with E-state index in [2.05, 4.69) is 10.3 Å². The lowest BCUT2D eigenvalue weighted by atomic mass is 10.1. The summed E-state index contributed by atoms with van der Waals surface area (Å²) in [6, 6.07) is 10.8. The minimum atomic E-state index is -0.288. The number of hydrogen-bond acceptors (Lipinski definition) is 5. The van der Waals surface area contributed by atoms with Crippen molar-refractivity contribution >= 4 is 23.2 Å². The molecule has 1 aliphatic rings. The van der Waals surface area contributed by atoms with Crippen molar-refractivity contribution in [1.82, 2.24) is 9.88 Å². The molecular weight excluding hydrogens is 402 g/mol. The molecule has 8 heteroatoms. The van der Waals surface area contributed by atoms with E-state index in [1.165, 1.54) is 11.3 Å². The van der Waals surface area contributed by atoms with E-state index in [-0.39, 0.29) is 23.7 Å². The highest BCUT2D eigenvalue weighted by atomic mass is 32.1. The van der Waals surface area contributed by atoms with Gasteiger partial charge in [-0.05, 0) is 44.0 Å². The van der Waals surface area contributed by atoms with Gasteiger partial charge in [0.1, 0.15) is 5.76 Å². The average molecular weight is 426 g/mol. The maximum absolute atomic E-state index is 12.5. The van der Waals surface area contributed by atoms with E-state index in [0.717, 1.165) is 25.0 Å². The third-order valence-corrected chi connectivity index (χ3v) is 5.64. The number of ether oxygens (including phenoxy) is 1. The first kappa shape index (κ1) is 20.3. The van der Waals surface area contributed by atoms with Crippen LogP contribution in [0.15, 0.2) is 57.4 Å². The van der Waals surface area contributed by atoms with Crippen molar-refractivity contribution in [1.29, 1.82) is 0 Å². The summed E-state index contributed by atoms with van der Waals surface area (Å²) in [5.41, 5.74) is 1.56. The molecule has 0 radical (unpaired) electrons. The molecule has 2 amide bonds. The Morgan fingerprint density at radius 2 is 2.20 bits per heavy atom. The molecule has 0 spiro atoms. The standard InChI is InChI=1S/C22H23N3O4S/c1-15-4-2-5-16(12-15)20(26)24-22-25(9-11-30-22)14-18-7-8-19(29-18)21(27)23-13-17-6-3-10-28-17/h2,4-5,7-9,11-12,17H,3,6,10,13-14H2,1H3,(H,23,27)/t17-/m0/s1. The summed E-state index contributed by atoms with van der Waals surface area (Å²) in [7, 11) is 0. The molecular formula is C22H23N3O4S. The van der Waals surface area contributed by atoms with Crippen LogP contribution in [0, 0.1) is 6.92 Å². The van der Waals surface area contributed by atoms with Crippen LogP contribution in [-0.4, -0.2) is 35.6 Å². The monoisotopic (exact) mass is 425 g/mol. The maximum Gasteiger partial charge on any atom is 0.287 e. The first-order chi connectivity index (χ1) is 14.6. The van der Waals surface area contributed by atoms with Crippen molar-refractivity contribution in [3.05, 3.63) is 75.4 Å². The van der Waals surface area contributed by atoms with Gasteiger partial charge in [0.15, 0.2) is 10.6 Å². The molecule has 1 aromatic carbocycles. The van der Waals surface area contributed by atoms with Gasteiger partial charge in [-0.2, -0.15) is 4.99 Å². The van der Waals surface area contributed by atoms with Crippen LogP contribution in [0.2, 0.25) is 0 Å². The summed E-state index contributed by atoms with van der Waals surface area (Å²) in [6.45, 7) is 3.55.